The third-order valence-corrected chi connectivity index (χ3v) is 7.70. The maximum absolute atomic E-state index is 13.2. The number of ether oxygens (including phenoxy) is 1. The van der Waals surface area contributed by atoms with Crippen molar-refractivity contribution in [2.24, 2.45) is 0 Å². The summed E-state index contributed by atoms with van der Waals surface area (Å²) in [5.41, 5.74) is 1.16. The molecule has 2 atom stereocenters. The molecule has 4 heterocycles. The summed E-state index contributed by atoms with van der Waals surface area (Å²) in [6.45, 7) is 7.50. The molecule has 10 nitrogen and oxygen atoms in total. The predicted molar refractivity (Wildman–Crippen MR) is 125 cm³/mol. The van der Waals surface area contributed by atoms with Gasteiger partial charge in [-0.05, 0) is 52.3 Å². The Balaban J connectivity index is 1.62. The first-order chi connectivity index (χ1) is 16.1. The largest absolute Gasteiger partial charge is 0.463 e. The Bertz CT molecular complexity index is 1310. The molecule has 1 aliphatic heterocycles. The number of rotatable bonds is 7. The molecular formula is C23H28N4O6S. The average molecular weight is 489 g/mol. The van der Waals surface area contributed by atoms with E-state index < -0.39 is 33.9 Å². The maximum atomic E-state index is 13.2. The molecule has 0 N–H and O–H groups in total. The zero-order valence-electron chi connectivity index (χ0n) is 19.6. The summed E-state index contributed by atoms with van der Waals surface area (Å²) in [4.78, 5) is 32.4. The number of sulfone groups is 1. The summed E-state index contributed by atoms with van der Waals surface area (Å²) in [6.07, 6.45) is 2.36. The topological polar surface area (TPSA) is 125 Å². The summed E-state index contributed by atoms with van der Waals surface area (Å²) in [6, 6.07) is 4.62. The second kappa shape index (κ2) is 9.21. The number of amides is 1. The van der Waals surface area contributed by atoms with Crippen LogP contribution < -0.4 is 0 Å². The Morgan fingerprint density at radius 2 is 2.09 bits per heavy atom. The number of hydrogen-bond donors (Lipinski definition) is 0. The zero-order chi connectivity index (χ0) is 24.6. The van der Waals surface area contributed by atoms with E-state index in [0.29, 0.717) is 35.5 Å². The highest BCUT2D eigenvalue weighted by Crippen LogP contribution is 2.28. The van der Waals surface area contributed by atoms with Gasteiger partial charge in [-0.2, -0.15) is 5.10 Å². The Kier molecular flexibility index (Phi) is 6.48. The summed E-state index contributed by atoms with van der Waals surface area (Å²) in [5, 5.41) is 4.87. The molecule has 1 saturated heterocycles. The highest BCUT2D eigenvalue weighted by atomic mass is 32.2. The fraction of sp³-hybridized carbons (Fsp3) is 0.478. The number of carbonyl (C=O) groups is 2. The van der Waals surface area contributed by atoms with Gasteiger partial charge >= 0.3 is 5.97 Å². The number of nitrogens with zero attached hydrogens (tertiary/aromatic N) is 4. The summed E-state index contributed by atoms with van der Waals surface area (Å²) in [7, 11) is -3.16. The molecule has 0 saturated carbocycles. The smallest absolute Gasteiger partial charge is 0.339 e. The van der Waals surface area contributed by atoms with Crippen LogP contribution in [0.1, 0.15) is 50.5 Å². The SMILES string of the molecule is CCN(C(=O)[C@@H](C)OC(=O)c1cc(-c2ccco2)nc2c1cnn2C(C)C)[C@@H]1CCS(=O)(=O)C1. The second-order valence-corrected chi connectivity index (χ2v) is 10.9. The maximum Gasteiger partial charge on any atom is 0.339 e. The van der Waals surface area contributed by atoms with E-state index in [4.69, 9.17) is 9.15 Å². The fourth-order valence-corrected chi connectivity index (χ4v) is 5.97. The van der Waals surface area contributed by atoms with E-state index >= 15 is 0 Å². The summed E-state index contributed by atoms with van der Waals surface area (Å²) >= 11 is 0. The minimum Gasteiger partial charge on any atom is -0.463 e. The third kappa shape index (κ3) is 4.56. The van der Waals surface area contributed by atoms with Crippen molar-refractivity contribution in [2.45, 2.75) is 52.3 Å². The zero-order valence-corrected chi connectivity index (χ0v) is 20.4. The molecule has 0 spiro atoms. The van der Waals surface area contributed by atoms with Crippen LogP contribution in [0.4, 0.5) is 0 Å². The van der Waals surface area contributed by atoms with E-state index in [1.807, 2.05) is 13.8 Å². The van der Waals surface area contributed by atoms with Crippen molar-refractivity contribution in [1.82, 2.24) is 19.7 Å². The predicted octanol–water partition coefficient (Wildman–Crippen LogP) is 2.85. The van der Waals surface area contributed by atoms with E-state index in [9.17, 15) is 18.0 Å². The number of hydrogen-bond acceptors (Lipinski definition) is 8. The van der Waals surface area contributed by atoms with Gasteiger partial charge in [0.05, 0.1) is 34.9 Å². The standard InChI is InChI=1S/C23H28N4O6S/c1-5-26(16-8-10-34(30,31)13-16)22(28)15(4)33-23(29)17-11-19(20-7-6-9-32-20)25-21-18(17)12-24-27(21)14(2)3/h6-7,9,11-12,14-16H,5,8,10,13H2,1-4H3/t15-,16-/m1/s1. The van der Waals surface area contributed by atoms with E-state index in [1.54, 1.807) is 36.0 Å². The van der Waals surface area contributed by atoms with Crippen LogP contribution in [0, 0.1) is 0 Å². The first-order valence-corrected chi connectivity index (χ1v) is 13.1. The highest BCUT2D eigenvalue weighted by Gasteiger charge is 2.36. The van der Waals surface area contributed by atoms with Crippen LogP contribution in [-0.4, -0.2) is 70.2 Å². The number of fused-ring (bicyclic) bond motifs is 1. The van der Waals surface area contributed by atoms with Gasteiger partial charge in [-0.25, -0.2) is 22.9 Å². The molecule has 0 unspecified atom stereocenters. The molecule has 182 valence electrons. The van der Waals surface area contributed by atoms with Crippen LogP contribution in [-0.2, 0) is 19.4 Å². The van der Waals surface area contributed by atoms with Gasteiger partial charge in [0.15, 0.2) is 27.3 Å². The van der Waals surface area contributed by atoms with Gasteiger partial charge in [-0.15, -0.1) is 0 Å². The van der Waals surface area contributed by atoms with Gasteiger partial charge in [0.25, 0.3) is 5.91 Å². The van der Waals surface area contributed by atoms with Crippen molar-refractivity contribution in [1.29, 1.82) is 0 Å². The molecule has 11 heteroatoms. The van der Waals surface area contributed by atoms with Crippen molar-refractivity contribution in [3.8, 4) is 11.5 Å². The molecule has 1 amide bonds. The van der Waals surface area contributed by atoms with E-state index in [0.717, 1.165) is 0 Å². The molecule has 0 radical (unpaired) electrons. The van der Waals surface area contributed by atoms with Crippen LogP contribution >= 0.6 is 0 Å². The first kappa shape index (κ1) is 23.9. The summed E-state index contributed by atoms with van der Waals surface area (Å²) < 4.78 is 36.5. The van der Waals surface area contributed by atoms with Crippen LogP contribution in [0.2, 0.25) is 0 Å². The Labute approximate surface area is 197 Å². The summed E-state index contributed by atoms with van der Waals surface area (Å²) in [5.74, 6) is -0.651. The Morgan fingerprint density at radius 3 is 2.68 bits per heavy atom. The number of aromatic nitrogens is 3. The monoisotopic (exact) mass is 488 g/mol. The lowest BCUT2D eigenvalue weighted by molar-refractivity contribution is -0.141. The Hall–Kier alpha value is -3.21. The van der Waals surface area contributed by atoms with Gasteiger partial charge < -0.3 is 14.1 Å². The molecule has 4 rings (SSSR count). The molecule has 0 bridgehead atoms. The molecule has 1 fully saturated rings. The van der Waals surface area contributed by atoms with E-state index in [1.165, 1.54) is 18.1 Å². The lowest BCUT2D eigenvalue weighted by Crippen LogP contribution is -2.46. The number of furan rings is 1. The lowest BCUT2D eigenvalue weighted by atomic mass is 10.1. The van der Waals surface area contributed by atoms with Gasteiger partial charge in [0.2, 0.25) is 0 Å². The van der Waals surface area contributed by atoms with Crippen molar-refractivity contribution >= 4 is 32.7 Å². The molecule has 0 aliphatic carbocycles. The Morgan fingerprint density at radius 1 is 1.32 bits per heavy atom. The number of carbonyl (C=O) groups excluding carboxylic acids is 2. The van der Waals surface area contributed by atoms with Gasteiger partial charge in [0.1, 0.15) is 5.69 Å². The van der Waals surface area contributed by atoms with E-state index in [-0.39, 0.29) is 23.1 Å². The third-order valence-electron chi connectivity index (χ3n) is 5.95. The van der Waals surface area contributed by atoms with Crippen molar-refractivity contribution in [3.05, 3.63) is 36.2 Å². The molecule has 1 aliphatic rings. The quantitative estimate of drug-likeness (QED) is 0.465. The lowest BCUT2D eigenvalue weighted by Gasteiger charge is -2.29. The van der Waals surface area contributed by atoms with Crippen LogP contribution in [0.15, 0.2) is 35.1 Å². The number of pyridine rings is 1. The minimum absolute atomic E-state index is 0.00188. The van der Waals surface area contributed by atoms with Crippen molar-refractivity contribution in [2.75, 3.05) is 18.1 Å². The van der Waals surface area contributed by atoms with Crippen LogP contribution in [0.25, 0.3) is 22.5 Å². The molecule has 34 heavy (non-hydrogen) atoms. The number of esters is 1. The van der Waals surface area contributed by atoms with Crippen LogP contribution in [0.3, 0.4) is 0 Å². The van der Waals surface area contributed by atoms with Crippen molar-refractivity contribution < 1.29 is 27.2 Å². The van der Waals surface area contributed by atoms with Crippen molar-refractivity contribution in [3.63, 3.8) is 0 Å². The fourth-order valence-electron chi connectivity index (χ4n) is 4.24. The van der Waals surface area contributed by atoms with Crippen LogP contribution in [0.5, 0.6) is 0 Å². The van der Waals surface area contributed by atoms with E-state index in [2.05, 4.69) is 10.1 Å². The highest BCUT2D eigenvalue weighted by molar-refractivity contribution is 7.91. The van der Waals surface area contributed by atoms with Gasteiger partial charge in [0, 0.05) is 18.6 Å². The molecule has 0 aromatic carbocycles. The number of likely N-dealkylation sites (N-methyl/N-ethyl adjacent to an activating group) is 1. The second-order valence-electron chi connectivity index (χ2n) is 8.68. The normalized spacial score (nSPS) is 18.3. The minimum atomic E-state index is -3.16. The average Bonchev–Trinajstić information content (AvgIpc) is 3.52. The molecular weight excluding hydrogens is 460 g/mol. The first-order valence-electron chi connectivity index (χ1n) is 11.2. The van der Waals surface area contributed by atoms with Gasteiger partial charge in [-0.3, -0.25) is 4.79 Å². The molecule has 3 aromatic rings. The molecule has 3 aromatic heterocycles. The van der Waals surface area contributed by atoms with Gasteiger partial charge in [-0.1, -0.05) is 0 Å².